The van der Waals surface area contributed by atoms with Gasteiger partial charge in [0, 0.05) is 17.3 Å². The number of phenolic OH excluding ortho intramolecular Hbond substituents is 2. The highest BCUT2D eigenvalue weighted by molar-refractivity contribution is 5.86. The molecule has 2 aromatic carbocycles. The lowest BCUT2D eigenvalue weighted by Gasteiger charge is -2.05. The van der Waals surface area contributed by atoms with E-state index in [1.165, 1.54) is 0 Å². The first-order valence-corrected chi connectivity index (χ1v) is 5.75. The zero-order valence-corrected chi connectivity index (χ0v) is 9.96. The fourth-order valence-electron chi connectivity index (χ4n) is 2.21. The zero-order valence-electron chi connectivity index (χ0n) is 9.96. The molecule has 0 unspecified atom stereocenters. The van der Waals surface area contributed by atoms with Crippen molar-refractivity contribution in [3.63, 3.8) is 0 Å². The van der Waals surface area contributed by atoms with Crippen LogP contribution in [0.15, 0.2) is 48.7 Å². The van der Waals surface area contributed by atoms with E-state index in [1.807, 2.05) is 35.9 Å². The lowest BCUT2D eigenvalue weighted by molar-refractivity contribution is 0.475. The van der Waals surface area contributed by atoms with E-state index in [4.69, 9.17) is 0 Å². The molecule has 3 nitrogen and oxygen atoms in total. The normalized spacial score (nSPS) is 10.9. The maximum absolute atomic E-state index is 9.53. The van der Waals surface area contributed by atoms with Gasteiger partial charge in [0.2, 0.25) is 0 Å². The number of benzene rings is 2. The molecule has 3 heteroatoms. The van der Waals surface area contributed by atoms with Gasteiger partial charge in [0.25, 0.3) is 0 Å². The van der Waals surface area contributed by atoms with Crippen molar-refractivity contribution in [1.29, 1.82) is 0 Å². The van der Waals surface area contributed by atoms with Gasteiger partial charge in [-0.25, -0.2) is 0 Å². The molecule has 0 spiro atoms. The third-order valence-electron chi connectivity index (χ3n) is 3.12. The summed E-state index contributed by atoms with van der Waals surface area (Å²) in [6.45, 7) is 2.01. The van der Waals surface area contributed by atoms with E-state index in [9.17, 15) is 10.2 Å². The van der Waals surface area contributed by atoms with Gasteiger partial charge in [-0.2, -0.15) is 0 Å². The molecule has 0 bridgehead atoms. The van der Waals surface area contributed by atoms with E-state index in [0.717, 1.165) is 22.2 Å². The Bertz CT molecular complexity index is 711. The van der Waals surface area contributed by atoms with Gasteiger partial charge < -0.3 is 14.8 Å². The van der Waals surface area contributed by atoms with Crippen LogP contribution in [0.1, 0.15) is 5.56 Å². The Balaban J connectivity index is 2.26. The summed E-state index contributed by atoms with van der Waals surface area (Å²) in [5, 5.41) is 19.9. The Morgan fingerprint density at radius 1 is 0.889 bits per heavy atom. The van der Waals surface area contributed by atoms with Crippen molar-refractivity contribution in [2.45, 2.75) is 6.92 Å². The summed E-state index contributed by atoms with van der Waals surface area (Å²) >= 11 is 0. The average molecular weight is 239 g/mol. The molecule has 2 N–H and O–H groups in total. The van der Waals surface area contributed by atoms with Gasteiger partial charge in [0.05, 0.1) is 5.52 Å². The number of aromatic hydroxyl groups is 2. The SMILES string of the molecule is Cc1cn(-c2ccc(O)cc2)c2ccc(O)cc12. The minimum atomic E-state index is 0.254. The van der Waals surface area contributed by atoms with Gasteiger partial charge >= 0.3 is 0 Å². The Labute approximate surface area is 105 Å². The molecule has 0 saturated heterocycles. The summed E-state index contributed by atoms with van der Waals surface area (Å²) in [6, 6.07) is 12.4. The Morgan fingerprint density at radius 2 is 1.56 bits per heavy atom. The molecule has 3 aromatic rings. The van der Waals surface area contributed by atoms with Gasteiger partial charge in [-0.3, -0.25) is 0 Å². The summed E-state index contributed by atoms with van der Waals surface area (Å²) in [6.07, 6.45) is 2.02. The van der Waals surface area contributed by atoms with E-state index in [2.05, 4.69) is 0 Å². The van der Waals surface area contributed by atoms with Crippen LogP contribution < -0.4 is 0 Å². The van der Waals surface area contributed by atoms with Crippen molar-refractivity contribution >= 4 is 10.9 Å². The number of nitrogens with zero attached hydrogens (tertiary/aromatic N) is 1. The molecular weight excluding hydrogens is 226 g/mol. The second kappa shape index (κ2) is 3.81. The first-order chi connectivity index (χ1) is 8.65. The molecular formula is C15H13NO2. The van der Waals surface area contributed by atoms with E-state index >= 15 is 0 Å². The zero-order chi connectivity index (χ0) is 12.7. The van der Waals surface area contributed by atoms with Gasteiger partial charge in [0.15, 0.2) is 0 Å². The summed E-state index contributed by atoms with van der Waals surface area (Å²) < 4.78 is 2.05. The molecule has 0 radical (unpaired) electrons. The summed E-state index contributed by atoms with van der Waals surface area (Å²) in [4.78, 5) is 0. The number of fused-ring (bicyclic) bond motifs is 1. The van der Waals surface area contributed by atoms with E-state index in [-0.39, 0.29) is 11.5 Å². The van der Waals surface area contributed by atoms with Crippen molar-refractivity contribution < 1.29 is 10.2 Å². The van der Waals surface area contributed by atoms with Crippen LogP contribution in [0.2, 0.25) is 0 Å². The van der Waals surface area contributed by atoms with E-state index in [1.54, 1.807) is 24.3 Å². The topological polar surface area (TPSA) is 45.4 Å². The highest BCUT2D eigenvalue weighted by Crippen LogP contribution is 2.28. The number of rotatable bonds is 1. The van der Waals surface area contributed by atoms with Gasteiger partial charge in [-0.15, -0.1) is 0 Å². The van der Waals surface area contributed by atoms with Crippen molar-refractivity contribution in [2.75, 3.05) is 0 Å². The van der Waals surface area contributed by atoms with Crippen molar-refractivity contribution in [2.24, 2.45) is 0 Å². The minimum absolute atomic E-state index is 0.254. The second-order valence-corrected chi connectivity index (χ2v) is 4.40. The highest BCUT2D eigenvalue weighted by Gasteiger charge is 2.07. The number of aryl methyl sites for hydroxylation is 1. The van der Waals surface area contributed by atoms with Crippen LogP contribution in [0.3, 0.4) is 0 Å². The van der Waals surface area contributed by atoms with Gasteiger partial charge in [0.1, 0.15) is 11.5 Å². The van der Waals surface area contributed by atoms with Crippen LogP contribution >= 0.6 is 0 Å². The molecule has 0 atom stereocenters. The van der Waals surface area contributed by atoms with E-state index in [0.29, 0.717) is 0 Å². The molecule has 0 aliphatic rings. The van der Waals surface area contributed by atoms with Crippen LogP contribution in [0.4, 0.5) is 0 Å². The first-order valence-electron chi connectivity index (χ1n) is 5.75. The van der Waals surface area contributed by atoms with Crippen molar-refractivity contribution in [3.05, 3.63) is 54.2 Å². The summed E-state index contributed by atoms with van der Waals surface area (Å²) in [5.74, 6) is 0.527. The largest absolute Gasteiger partial charge is 0.508 e. The van der Waals surface area contributed by atoms with Crippen LogP contribution in [0.25, 0.3) is 16.6 Å². The molecule has 0 saturated carbocycles. The molecule has 0 aliphatic carbocycles. The number of hydrogen-bond acceptors (Lipinski definition) is 2. The highest BCUT2D eigenvalue weighted by atomic mass is 16.3. The maximum Gasteiger partial charge on any atom is 0.116 e. The predicted octanol–water partition coefficient (Wildman–Crippen LogP) is 3.35. The fourth-order valence-corrected chi connectivity index (χ4v) is 2.21. The van der Waals surface area contributed by atoms with Crippen LogP contribution in [0.5, 0.6) is 11.5 Å². The maximum atomic E-state index is 9.53. The molecule has 18 heavy (non-hydrogen) atoms. The van der Waals surface area contributed by atoms with Crippen molar-refractivity contribution in [1.82, 2.24) is 4.57 Å². The lowest BCUT2D eigenvalue weighted by Crippen LogP contribution is -1.90. The van der Waals surface area contributed by atoms with Crippen LogP contribution in [0, 0.1) is 6.92 Å². The molecule has 0 amide bonds. The second-order valence-electron chi connectivity index (χ2n) is 4.40. The first kappa shape index (κ1) is 10.7. The third kappa shape index (κ3) is 1.61. The third-order valence-corrected chi connectivity index (χ3v) is 3.12. The van der Waals surface area contributed by atoms with Gasteiger partial charge in [-0.05, 0) is 55.0 Å². The smallest absolute Gasteiger partial charge is 0.116 e. The molecule has 0 fully saturated rings. The standard InChI is InChI=1S/C15H13NO2/c1-10-9-16(11-2-4-12(17)5-3-11)15-7-6-13(18)8-14(10)15/h2-9,17-18H,1H3. The predicted molar refractivity (Wildman–Crippen MR) is 71.3 cm³/mol. The Kier molecular flexibility index (Phi) is 2.27. The molecule has 90 valence electrons. The molecule has 1 heterocycles. The Hall–Kier alpha value is -2.42. The van der Waals surface area contributed by atoms with Crippen molar-refractivity contribution in [3.8, 4) is 17.2 Å². The number of hydrogen-bond donors (Lipinski definition) is 2. The molecule has 1 aromatic heterocycles. The lowest BCUT2D eigenvalue weighted by atomic mass is 10.2. The van der Waals surface area contributed by atoms with Crippen LogP contribution in [-0.2, 0) is 0 Å². The van der Waals surface area contributed by atoms with Crippen LogP contribution in [-0.4, -0.2) is 14.8 Å². The number of aromatic nitrogens is 1. The van der Waals surface area contributed by atoms with Gasteiger partial charge in [-0.1, -0.05) is 0 Å². The average Bonchev–Trinajstić information content (AvgIpc) is 2.68. The summed E-state index contributed by atoms with van der Waals surface area (Å²) in [7, 11) is 0. The monoisotopic (exact) mass is 239 g/mol. The van der Waals surface area contributed by atoms with E-state index < -0.39 is 0 Å². The quantitative estimate of drug-likeness (QED) is 0.684. The minimum Gasteiger partial charge on any atom is -0.508 e. The number of phenols is 2. The molecule has 3 rings (SSSR count). The Morgan fingerprint density at radius 3 is 2.28 bits per heavy atom. The molecule has 0 aliphatic heterocycles. The summed E-state index contributed by atoms with van der Waals surface area (Å²) in [5.41, 5.74) is 3.13. The fraction of sp³-hybridized carbons (Fsp3) is 0.0667.